The smallest absolute Gasteiger partial charge is 0.244 e. The summed E-state index contributed by atoms with van der Waals surface area (Å²) in [6.45, 7) is 2.71. The summed E-state index contributed by atoms with van der Waals surface area (Å²) in [5, 5.41) is 25.0. The van der Waals surface area contributed by atoms with Crippen molar-refractivity contribution in [2.75, 3.05) is 26.7 Å². The Balaban J connectivity index is 1.36. The molecule has 0 unspecified atom stereocenters. The molecule has 35 heavy (non-hydrogen) atoms. The second-order valence-electron chi connectivity index (χ2n) is 10.7. The van der Waals surface area contributed by atoms with Crippen molar-refractivity contribution in [2.45, 2.75) is 55.6 Å². The van der Waals surface area contributed by atoms with Crippen LogP contribution in [0.1, 0.15) is 49.7 Å². The Morgan fingerprint density at radius 1 is 1.17 bits per heavy atom. The minimum absolute atomic E-state index is 0.0298. The second kappa shape index (κ2) is 9.67. The van der Waals surface area contributed by atoms with Crippen LogP contribution in [0.15, 0.2) is 54.6 Å². The molecule has 6 nitrogen and oxygen atoms in total. The lowest BCUT2D eigenvalue weighted by atomic mass is 9.55. The average molecular weight is 477 g/mol. The lowest BCUT2D eigenvalue weighted by molar-refractivity contribution is -0.132. The Kier molecular flexibility index (Phi) is 6.60. The molecule has 1 saturated heterocycles. The molecule has 3 N–H and O–H groups in total. The molecule has 0 bridgehead atoms. The number of aromatic hydroxyl groups is 1. The van der Waals surface area contributed by atoms with Crippen molar-refractivity contribution in [3.8, 4) is 11.5 Å². The molecule has 1 amide bonds. The van der Waals surface area contributed by atoms with E-state index in [1.165, 1.54) is 18.9 Å². The van der Waals surface area contributed by atoms with Crippen LogP contribution in [0.4, 0.5) is 0 Å². The van der Waals surface area contributed by atoms with E-state index in [1.54, 1.807) is 31.4 Å². The van der Waals surface area contributed by atoms with E-state index in [0.717, 1.165) is 48.7 Å². The first kappa shape index (κ1) is 23.9. The number of nitrogens with one attached hydrogen (secondary N) is 1. The minimum Gasteiger partial charge on any atom is -0.508 e. The van der Waals surface area contributed by atoms with Gasteiger partial charge in [0, 0.05) is 30.6 Å². The zero-order valence-corrected chi connectivity index (χ0v) is 20.5. The Morgan fingerprint density at radius 2 is 2.00 bits per heavy atom. The fourth-order valence-electron chi connectivity index (χ4n) is 6.17. The summed E-state index contributed by atoms with van der Waals surface area (Å²) < 4.78 is 5.52. The number of hydrogen-bond donors (Lipinski definition) is 3. The van der Waals surface area contributed by atoms with Gasteiger partial charge in [-0.05, 0) is 92.5 Å². The Hall–Kier alpha value is -2.83. The van der Waals surface area contributed by atoms with Crippen LogP contribution in [-0.2, 0) is 10.2 Å². The number of phenols is 1. The molecule has 5 rings (SSSR count). The van der Waals surface area contributed by atoms with Crippen LogP contribution in [0.5, 0.6) is 11.5 Å². The van der Waals surface area contributed by atoms with Crippen LogP contribution >= 0.6 is 0 Å². The molecule has 3 fully saturated rings. The molecule has 2 aromatic rings. The van der Waals surface area contributed by atoms with Gasteiger partial charge in [-0.2, -0.15) is 0 Å². The number of phenolic OH excluding ortho intramolecular Hbond substituents is 1. The number of carbonyl (C=O) groups excluding carboxylic acids is 1. The fourth-order valence-corrected chi connectivity index (χ4v) is 6.17. The van der Waals surface area contributed by atoms with E-state index in [2.05, 4.69) is 22.3 Å². The van der Waals surface area contributed by atoms with Gasteiger partial charge in [-0.3, -0.25) is 4.79 Å². The van der Waals surface area contributed by atoms with Crippen LogP contribution in [0.2, 0.25) is 0 Å². The Morgan fingerprint density at radius 3 is 2.77 bits per heavy atom. The maximum absolute atomic E-state index is 12.8. The molecular formula is C29H36N2O4. The highest BCUT2D eigenvalue weighted by molar-refractivity contribution is 5.92. The van der Waals surface area contributed by atoms with E-state index < -0.39 is 11.0 Å². The molecule has 2 aliphatic carbocycles. The molecule has 2 saturated carbocycles. The maximum Gasteiger partial charge on any atom is 0.244 e. The number of methoxy groups -OCH3 is 1. The monoisotopic (exact) mass is 476 g/mol. The number of aliphatic hydroxyl groups is 1. The lowest BCUT2D eigenvalue weighted by Crippen LogP contribution is -2.67. The third-order valence-corrected chi connectivity index (χ3v) is 8.21. The first-order valence-corrected chi connectivity index (χ1v) is 12.8. The van der Waals surface area contributed by atoms with Gasteiger partial charge >= 0.3 is 0 Å². The molecule has 3 atom stereocenters. The van der Waals surface area contributed by atoms with E-state index >= 15 is 0 Å². The van der Waals surface area contributed by atoms with Gasteiger partial charge in [0.15, 0.2) is 0 Å². The highest BCUT2D eigenvalue weighted by Crippen LogP contribution is 2.52. The van der Waals surface area contributed by atoms with Crippen LogP contribution in [-0.4, -0.2) is 59.4 Å². The maximum atomic E-state index is 12.8. The van der Waals surface area contributed by atoms with Crippen LogP contribution in [0.3, 0.4) is 0 Å². The molecule has 3 aliphatic rings. The normalized spacial score (nSPS) is 29.0. The summed E-state index contributed by atoms with van der Waals surface area (Å²) >= 11 is 0. The lowest BCUT2D eigenvalue weighted by Gasteiger charge is -2.58. The Bertz CT molecular complexity index is 1100. The molecule has 0 radical (unpaired) electrons. The van der Waals surface area contributed by atoms with Crippen molar-refractivity contribution >= 4 is 12.0 Å². The van der Waals surface area contributed by atoms with Crippen molar-refractivity contribution in [2.24, 2.45) is 5.92 Å². The zero-order valence-electron chi connectivity index (χ0n) is 20.5. The predicted molar refractivity (Wildman–Crippen MR) is 136 cm³/mol. The van der Waals surface area contributed by atoms with E-state index in [9.17, 15) is 15.0 Å². The molecule has 2 aromatic carbocycles. The third-order valence-electron chi connectivity index (χ3n) is 8.21. The average Bonchev–Trinajstić information content (AvgIpc) is 3.67. The van der Waals surface area contributed by atoms with E-state index in [-0.39, 0.29) is 17.7 Å². The minimum atomic E-state index is -0.842. The van der Waals surface area contributed by atoms with Gasteiger partial charge in [0.2, 0.25) is 5.91 Å². The van der Waals surface area contributed by atoms with Gasteiger partial charge in [0.1, 0.15) is 11.5 Å². The first-order valence-electron chi connectivity index (χ1n) is 12.8. The summed E-state index contributed by atoms with van der Waals surface area (Å²) in [6, 6.07) is 14.9. The molecule has 1 heterocycles. The number of β-amino-alcohol motifs (C(OH)–C–C–N with tert-alkyl or cyclic N) is 1. The fraction of sp³-hybridized carbons (Fsp3) is 0.483. The van der Waals surface area contributed by atoms with Gasteiger partial charge < -0.3 is 25.2 Å². The summed E-state index contributed by atoms with van der Waals surface area (Å²) in [5.74, 6) is 1.60. The SMILES string of the molecule is COc1cccc([C@@]23CCN(CC4CC4)C[C@@]2(O)CC[C@@H](NC(=O)C=Cc2cccc(O)c2)C3)c1. The highest BCUT2D eigenvalue weighted by atomic mass is 16.5. The molecular weight excluding hydrogens is 440 g/mol. The molecule has 6 heteroatoms. The largest absolute Gasteiger partial charge is 0.508 e. The summed E-state index contributed by atoms with van der Waals surface area (Å²) in [6.07, 6.45) is 8.78. The number of carbonyl (C=O) groups is 1. The van der Waals surface area contributed by atoms with Gasteiger partial charge in [-0.15, -0.1) is 0 Å². The number of nitrogens with zero attached hydrogens (tertiary/aromatic N) is 1. The summed E-state index contributed by atoms with van der Waals surface area (Å²) in [4.78, 5) is 15.2. The predicted octanol–water partition coefficient (Wildman–Crippen LogP) is 3.87. The number of ether oxygens (including phenoxy) is 1. The molecule has 1 aliphatic heterocycles. The van der Waals surface area contributed by atoms with Crippen molar-refractivity contribution in [1.82, 2.24) is 10.2 Å². The Labute approximate surface area is 207 Å². The number of rotatable bonds is 7. The highest BCUT2D eigenvalue weighted by Gasteiger charge is 2.57. The van der Waals surface area contributed by atoms with Crippen LogP contribution in [0.25, 0.3) is 6.08 Å². The topological polar surface area (TPSA) is 82.0 Å². The van der Waals surface area contributed by atoms with Crippen molar-refractivity contribution in [3.05, 3.63) is 65.7 Å². The van der Waals surface area contributed by atoms with Gasteiger partial charge in [-0.1, -0.05) is 24.3 Å². The quantitative estimate of drug-likeness (QED) is 0.529. The van der Waals surface area contributed by atoms with E-state index in [0.29, 0.717) is 19.4 Å². The molecule has 0 aromatic heterocycles. The first-order chi connectivity index (χ1) is 16.9. The van der Waals surface area contributed by atoms with E-state index in [1.807, 2.05) is 18.2 Å². The number of fused-ring (bicyclic) bond motifs is 1. The van der Waals surface area contributed by atoms with Crippen molar-refractivity contribution in [3.63, 3.8) is 0 Å². The second-order valence-corrected chi connectivity index (χ2v) is 10.7. The number of likely N-dealkylation sites (tertiary alicyclic amines) is 1. The third kappa shape index (κ3) is 5.09. The zero-order chi connectivity index (χ0) is 24.5. The van der Waals surface area contributed by atoms with Gasteiger partial charge in [-0.25, -0.2) is 0 Å². The summed E-state index contributed by atoms with van der Waals surface area (Å²) in [5.41, 5.74) is 0.589. The van der Waals surface area contributed by atoms with E-state index in [4.69, 9.17) is 4.74 Å². The number of hydrogen-bond acceptors (Lipinski definition) is 5. The molecule has 186 valence electrons. The van der Waals surface area contributed by atoms with Crippen molar-refractivity contribution in [1.29, 1.82) is 0 Å². The van der Waals surface area contributed by atoms with Gasteiger partial charge in [0.05, 0.1) is 12.7 Å². The standard InChI is InChI=1S/C29H36N2O4/c1-35-26-7-3-5-23(17-26)28-14-15-31(19-22-8-9-22)20-29(28,34)13-12-24(18-28)30-27(33)11-10-21-4-2-6-25(32)16-21/h2-7,10-11,16-17,22,24,32,34H,8-9,12-15,18-20H2,1H3,(H,30,33)/t24-,28+,29+/m1/s1. The molecule has 0 spiro atoms. The van der Waals surface area contributed by atoms with Crippen molar-refractivity contribution < 1.29 is 19.7 Å². The van der Waals surface area contributed by atoms with Crippen LogP contribution in [0, 0.1) is 5.92 Å². The number of benzene rings is 2. The van der Waals surface area contributed by atoms with Crippen LogP contribution < -0.4 is 10.1 Å². The van der Waals surface area contributed by atoms with Gasteiger partial charge in [0.25, 0.3) is 0 Å². The number of piperidine rings is 1. The summed E-state index contributed by atoms with van der Waals surface area (Å²) in [7, 11) is 1.67. The number of amides is 1.